The summed E-state index contributed by atoms with van der Waals surface area (Å²) in [5.74, 6) is -1.10. The van der Waals surface area contributed by atoms with Crippen LogP contribution in [-0.4, -0.2) is 42.4 Å². The molecular weight excluding hydrogens is 292 g/mol. The van der Waals surface area contributed by atoms with E-state index in [2.05, 4.69) is 0 Å². The Kier molecular flexibility index (Phi) is 5.32. The monoisotopic (exact) mass is 310 g/mol. The van der Waals surface area contributed by atoms with Gasteiger partial charge in [0.1, 0.15) is 0 Å². The van der Waals surface area contributed by atoms with Crippen LogP contribution in [0.4, 0.5) is 0 Å². The summed E-state index contributed by atoms with van der Waals surface area (Å²) < 4.78 is 4.99. The van der Waals surface area contributed by atoms with Crippen molar-refractivity contribution in [3.05, 3.63) is 22.4 Å². The topological polar surface area (TPSA) is 89.7 Å². The van der Waals surface area contributed by atoms with Crippen LogP contribution in [0.25, 0.3) is 0 Å². The third kappa shape index (κ3) is 4.56. The Morgan fingerprint density at radius 1 is 1.33 bits per heavy atom. The molecule has 2 heterocycles. The number of carbonyl (C=O) groups is 3. The first-order valence-corrected chi connectivity index (χ1v) is 7.69. The van der Waals surface area contributed by atoms with E-state index >= 15 is 0 Å². The fourth-order valence-corrected chi connectivity index (χ4v) is 2.94. The quantitative estimate of drug-likeness (QED) is 0.805. The highest BCUT2D eigenvalue weighted by Crippen LogP contribution is 2.16. The van der Waals surface area contributed by atoms with Crippen molar-refractivity contribution in [1.29, 1.82) is 0 Å². The normalized spacial score (nSPS) is 15.7. The first-order chi connectivity index (χ1) is 10.1. The van der Waals surface area contributed by atoms with Crippen LogP contribution in [0.15, 0.2) is 17.5 Å². The molecule has 1 aromatic rings. The zero-order valence-electron chi connectivity index (χ0n) is 11.6. The second kappa shape index (κ2) is 7.21. The first-order valence-electron chi connectivity index (χ1n) is 6.81. The molecule has 1 fully saturated rings. The summed E-state index contributed by atoms with van der Waals surface area (Å²) in [5.41, 5.74) is 5.24. The lowest BCUT2D eigenvalue weighted by molar-refractivity contribution is -0.152. The van der Waals surface area contributed by atoms with Crippen molar-refractivity contribution < 1.29 is 19.1 Å². The molecule has 0 bridgehead atoms. The fourth-order valence-electron chi connectivity index (χ4n) is 2.25. The molecule has 0 unspecified atom stereocenters. The number of primary amides is 1. The molecule has 21 heavy (non-hydrogen) atoms. The lowest BCUT2D eigenvalue weighted by Gasteiger charge is -2.30. The van der Waals surface area contributed by atoms with Crippen molar-refractivity contribution in [2.45, 2.75) is 19.3 Å². The number of rotatable bonds is 5. The van der Waals surface area contributed by atoms with Crippen LogP contribution < -0.4 is 5.73 Å². The van der Waals surface area contributed by atoms with Crippen LogP contribution >= 0.6 is 11.3 Å². The Morgan fingerprint density at radius 2 is 2.05 bits per heavy atom. The van der Waals surface area contributed by atoms with E-state index in [1.807, 2.05) is 17.5 Å². The standard InChI is InChI=1S/C14H18N2O4S/c15-14(19)10-3-5-16(6-4-10)12(17)9-20-13(18)8-11-2-1-7-21-11/h1-2,7,10H,3-6,8-9H2,(H2,15,19). The second-order valence-corrected chi connectivity index (χ2v) is 6.01. The zero-order chi connectivity index (χ0) is 15.2. The molecule has 2 rings (SSSR count). The lowest BCUT2D eigenvalue weighted by Crippen LogP contribution is -2.43. The molecular formula is C14H18N2O4S. The minimum absolute atomic E-state index is 0.157. The van der Waals surface area contributed by atoms with E-state index in [1.54, 1.807) is 4.90 Å². The van der Waals surface area contributed by atoms with Gasteiger partial charge < -0.3 is 15.4 Å². The Hall–Kier alpha value is -1.89. The molecule has 2 N–H and O–H groups in total. The van der Waals surface area contributed by atoms with Crippen molar-refractivity contribution in [3.8, 4) is 0 Å². The van der Waals surface area contributed by atoms with Crippen molar-refractivity contribution in [3.63, 3.8) is 0 Å². The third-order valence-electron chi connectivity index (χ3n) is 3.51. The molecule has 1 aromatic heterocycles. The molecule has 0 aliphatic carbocycles. The third-order valence-corrected chi connectivity index (χ3v) is 4.38. The van der Waals surface area contributed by atoms with Gasteiger partial charge in [-0.25, -0.2) is 0 Å². The van der Waals surface area contributed by atoms with Gasteiger partial charge in [-0.15, -0.1) is 11.3 Å². The predicted octanol–water partition coefficient (Wildman–Crippen LogP) is 0.558. The molecule has 114 valence electrons. The van der Waals surface area contributed by atoms with Crippen LogP contribution in [0.2, 0.25) is 0 Å². The second-order valence-electron chi connectivity index (χ2n) is 4.97. The van der Waals surface area contributed by atoms with E-state index < -0.39 is 5.97 Å². The highest BCUT2D eigenvalue weighted by molar-refractivity contribution is 7.10. The van der Waals surface area contributed by atoms with Crippen molar-refractivity contribution in [1.82, 2.24) is 4.90 Å². The van der Waals surface area contributed by atoms with E-state index in [1.165, 1.54) is 11.3 Å². The highest BCUT2D eigenvalue weighted by Gasteiger charge is 2.26. The molecule has 1 aliphatic rings. The Bertz CT molecular complexity index is 507. The summed E-state index contributed by atoms with van der Waals surface area (Å²) in [4.78, 5) is 37.1. The number of likely N-dealkylation sites (tertiary alicyclic amines) is 1. The number of thiophene rings is 1. The van der Waals surface area contributed by atoms with Gasteiger partial charge in [0.25, 0.3) is 5.91 Å². The summed E-state index contributed by atoms with van der Waals surface area (Å²) in [5, 5.41) is 1.89. The number of hydrogen-bond acceptors (Lipinski definition) is 5. The van der Waals surface area contributed by atoms with E-state index in [4.69, 9.17) is 10.5 Å². The largest absolute Gasteiger partial charge is 0.455 e. The summed E-state index contributed by atoms with van der Waals surface area (Å²) in [6, 6.07) is 3.71. The molecule has 0 radical (unpaired) electrons. The van der Waals surface area contributed by atoms with Crippen molar-refractivity contribution in [2.24, 2.45) is 11.7 Å². The van der Waals surface area contributed by atoms with E-state index in [-0.39, 0.29) is 30.8 Å². The minimum atomic E-state index is -0.405. The van der Waals surface area contributed by atoms with Gasteiger partial charge >= 0.3 is 5.97 Å². The smallest absolute Gasteiger partial charge is 0.311 e. The molecule has 2 amide bonds. The summed E-state index contributed by atoms with van der Waals surface area (Å²) in [6.45, 7) is 0.718. The SMILES string of the molecule is NC(=O)C1CCN(C(=O)COC(=O)Cc2cccs2)CC1. The molecule has 0 spiro atoms. The predicted molar refractivity (Wildman–Crippen MR) is 77.5 cm³/mol. The number of ether oxygens (including phenoxy) is 1. The van der Waals surface area contributed by atoms with Crippen molar-refractivity contribution in [2.75, 3.05) is 19.7 Å². The van der Waals surface area contributed by atoms with Gasteiger partial charge in [0.2, 0.25) is 5.91 Å². The molecule has 7 heteroatoms. The maximum atomic E-state index is 11.9. The summed E-state index contributed by atoms with van der Waals surface area (Å²) in [6.07, 6.45) is 1.34. The number of esters is 1. The average Bonchev–Trinajstić information content (AvgIpc) is 2.97. The fraction of sp³-hybridized carbons (Fsp3) is 0.500. The van der Waals surface area contributed by atoms with E-state index in [0.29, 0.717) is 25.9 Å². The molecule has 6 nitrogen and oxygen atoms in total. The maximum Gasteiger partial charge on any atom is 0.311 e. The van der Waals surface area contributed by atoms with Gasteiger partial charge in [0.15, 0.2) is 6.61 Å². The molecule has 0 aromatic carbocycles. The van der Waals surface area contributed by atoms with E-state index in [0.717, 1.165) is 4.88 Å². The number of nitrogens with zero attached hydrogens (tertiary/aromatic N) is 1. The average molecular weight is 310 g/mol. The Balaban J connectivity index is 1.70. The summed E-state index contributed by atoms with van der Waals surface area (Å²) >= 11 is 1.48. The number of amides is 2. The molecule has 0 atom stereocenters. The highest BCUT2D eigenvalue weighted by atomic mass is 32.1. The summed E-state index contributed by atoms with van der Waals surface area (Å²) in [7, 11) is 0. The van der Waals surface area contributed by atoms with Crippen LogP contribution in [-0.2, 0) is 25.5 Å². The van der Waals surface area contributed by atoms with Gasteiger partial charge in [0.05, 0.1) is 6.42 Å². The first kappa shape index (κ1) is 15.5. The van der Waals surface area contributed by atoms with Gasteiger partial charge in [0, 0.05) is 23.9 Å². The Labute approximate surface area is 126 Å². The number of hydrogen-bond donors (Lipinski definition) is 1. The Morgan fingerprint density at radius 3 is 2.62 bits per heavy atom. The number of nitrogens with two attached hydrogens (primary N) is 1. The van der Waals surface area contributed by atoms with Gasteiger partial charge in [-0.1, -0.05) is 6.07 Å². The molecule has 0 saturated carbocycles. The van der Waals surface area contributed by atoms with Crippen LogP contribution in [0.1, 0.15) is 17.7 Å². The van der Waals surface area contributed by atoms with Crippen LogP contribution in [0.5, 0.6) is 0 Å². The lowest BCUT2D eigenvalue weighted by atomic mass is 9.96. The van der Waals surface area contributed by atoms with Crippen LogP contribution in [0.3, 0.4) is 0 Å². The van der Waals surface area contributed by atoms with Crippen LogP contribution in [0, 0.1) is 5.92 Å². The van der Waals surface area contributed by atoms with E-state index in [9.17, 15) is 14.4 Å². The minimum Gasteiger partial charge on any atom is -0.455 e. The van der Waals surface area contributed by atoms with Gasteiger partial charge in [-0.2, -0.15) is 0 Å². The zero-order valence-corrected chi connectivity index (χ0v) is 12.4. The number of carbonyl (C=O) groups excluding carboxylic acids is 3. The van der Waals surface area contributed by atoms with Crippen molar-refractivity contribution >= 4 is 29.1 Å². The molecule has 1 saturated heterocycles. The van der Waals surface area contributed by atoms with Gasteiger partial charge in [-0.05, 0) is 24.3 Å². The number of piperidine rings is 1. The molecule has 1 aliphatic heterocycles. The maximum absolute atomic E-state index is 11.9. The van der Waals surface area contributed by atoms with Gasteiger partial charge in [-0.3, -0.25) is 14.4 Å².